The summed E-state index contributed by atoms with van der Waals surface area (Å²) in [5.74, 6) is -6.18. The van der Waals surface area contributed by atoms with E-state index in [9.17, 15) is 41.0 Å². The first-order chi connectivity index (χ1) is 25.4. The van der Waals surface area contributed by atoms with Gasteiger partial charge in [-0.25, -0.2) is 19.4 Å². The molecule has 292 valence electrons. The van der Waals surface area contributed by atoms with Crippen molar-refractivity contribution < 1.29 is 59.3 Å². The van der Waals surface area contributed by atoms with Gasteiger partial charge in [-0.1, -0.05) is 18.9 Å². The van der Waals surface area contributed by atoms with E-state index >= 15 is 8.78 Å². The van der Waals surface area contributed by atoms with E-state index in [2.05, 4.69) is 15.3 Å². The largest absolute Gasteiger partial charge is 0.509 e. The van der Waals surface area contributed by atoms with Gasteiger partial charge in [0, 0.05) is 38.4 Å². The molecule has 54 heavy (non-hydrogen) atoms. The molecule has 2 N–H and O–H groups in total. The number of alkyl halides is 6. The fraction of sp³-hybridized carbons (Fsp3) is 0.429. The summed E-state index contributed by atoms with van der Waals surface area (Å²) in [5.41, 5.74) is -6.97. The average molecular weight is 773 g/mol. The molecule has 1 saturated carbocycles. The first-order valence-electron chi connectivity index (χ1n) is 16.6. The van der Waals surface area contributed by atoms with E-state index in [-0.39, 0.29) is 30.8 Å². The second-order valence-corrected chi connectivity index (χ2v) is 12.8. The van der Waals surface area contributed by atoms with Crippen molar-refractivity contribution in [1.29, 1.82) is 0 Å². The lowest BCUT2D eigenvalue weighted by molar-refractivity contribution is -0.163. The third kappa shape index (κ3) is 8.27. The number of benzene rings is 2. The zero-order chi connectivity index (χ0) is 39.6. The number of likely N-dealkylation sites (N-methyl/N-ethyl adjacent to an activating group) is 2. The van der Waals surface area contributed by atoms with E-state index in [4.69, 9.17) is 9.47 Å². The molecule has 0 atom stereocenters. The van der Waals surface area contributed by atoms with Gasteiger partial charge in [-0.3, -0.25) is 14.6 Å². The molecule has 0 bridgehead atoms. The minimum absolute atomic E-state index is 0.0235. The average Bonchev–Trinajstić information content (AvgIpc) is 3.62. The predicted molar refractivity (Wildman–Crippen MR) is 176 cm³/mol. The Morgan fingerprint density at radius 1 is 0.981 bits per heavy atom. The van der Waals surface area contributed by atoms with E-state index < -0.39 is 87.4 Å². The molecular formula is C35H36F8N6O5. The number of hydrogen-bond acceptors (Lipinski definition) is 9. The number of aliphatic hydroxyl groups is 1. The summed E-state index contributed by atoms with van der Waals surface area (Å²) in [4.78, 5) is 36.6. The Morgan fingerprint density at radius 2 is 1.67 bits per heavy atom. The molecule has 19 heteroatoms. The van der Waals surface area contributed by atoms with Crippen molar-refractivity contribution >= 4 is 17.5 Å². The molecule has 11 nitrogen and oxygen atoms in total. The van der Waals surface area contributed by atoms with Crippen LogP contribution in [0.5, 0.6) is 5.75 Å². The summed E-state index contributed by atoms with van der Waals surface area (Å²) in [5, 5.41) is 16.1. The second kappa shape index (κ2) is 15.8. The SMILES string of the molecule is COCCN(C)CCOc1ccc(CN2C(=O)C(C(=O)Nc3ccc(C(F)(F)F)cc3-c3cc(C(F)(F)F)ncn3)=C(O)C3(CCCC3)N2C)c(F)c1F. The van der Waals surface area contributed by atoms with Gasteiger partial charge in [-0.2, -0.15) is 30.7 Å². The highest BCUT2D eigenvalue weighted by Gasteiger charge is 2.53. The van der Waals surface area contributed by atoms with E-state index in [0.29, 0.717) is 57.1 Å². The summed E-state index contributed by atoms with van der Waals surface area (Å²) in [6.07, 6.45) is -7.91. The predicted octanol–water partition coefficient (Wildman–Crippen LogP) is 6.37. The number of nitrogens with one attached hydrogen (secondary N) is 1. The smallest absolute Gasteiger partial charge is 0.433 e. The van der Waals surface area contributed by atoms with Crippen LogP contribution in [0.1, 0.15) is 42.5 Å². The van der Waals surface area contributed by atoms with Crippen molar-refractivity contribution in [2.45, 2.75) is 50.1 Å². The van der Waals surface area contributed by atoms with Crippen molar-refractivity contribution in [2.24, 2.45) is 0 Å². The van der Waals surface area contributed by atoms with Gasteiger partial charge in [-0.05, 0) is 50.2 Å². The molecule has 3 aromatic rings. The molecule has 2 aliphatic rings. The van der Waals surface area contributed by atoms with Gasteiger partial charge < -0.3 is 24.8 Å². The number of aromatic nitrogens is 2. The number of nitrogens with zero attached hydrogens (tertiary/aromatic N) is 5. The van der Waals surface area contributed by atoms with Gasteiger partial charge in [0.05, 0.1) is 35.6 Å². The van der Waals surface area contributed by atoms with Crippen LogP contribution in [-0.2, 0) is 33.2 Å². The molecule has 0 saturated heterocycles. The van der Waals surface area contributed by atoms with Crippen molar-refractivity contribution in [3.63, 3.8) is 0 Å². The van der Waals surface area contributed by atoms with Gasteiger partial charge >= 0.3 is 12.4 Å². The topological polar surface area (TPSA) is 120 Å². The first kappa shape index (κ1) is 40.3. The van der Waals surface area contributed by atoms with Crippen LogP contribution in [-0.4, -0.2) is 94.9 Å². The lowest BCUT2D eigenvalue weighted by atomic mass is 9.88. The number of carbonyl (C=O) groups excluding carboxylic acids is 2. The molecule has 1 aliphatic heterocycles. The van der Waals surface area contributed by atoms with Gasteiger partial charge in [0.15, 0.2) is 11.6 Å². The highest BCUT2D eigenvalue weighted by atomic mass is 19.4. The van der Waals surface area contributed by atoms with Crippen LogP contribution >= 0.6 is 0 Å². The van der Waals surface area contributed by atoms with Gasteiger partial charge in [0.1, 0.15) is 30.0 Å². The van der Waals surface area contributed by atoms with Crippen molar-refractivity contribution in [2.75, 3.05) is 52.8 Å². The third-order valence-corrected chi connectivity index (χ3v) is 9.45. The molecule has 1 spiro atoms. The minimum atomic E-state index is -4.99. The maximum Gasteiger partial charge on any atom is 0.433 e. The highest BCUT2D eigenvalue weighted by molar-refractivity contribution is 6.24. The van der Waals surface area contributed by atoms with Gasteiger partial charge in [0.25, 0.3) is 11.8 Å². The van der Waals surface area contributed by atoms with Gasteiger partial charge in [-0.15, -0.1) is 0 Å². The normalized spacial score (nSPS) is 16.5. The van der Waals surface area contributed by atoms with E-state index in [0.717, 1.165) is 11.1 Å². The Morgan fingerprint density at radius 3 is 2.31 bits per heavy atom. The number of rotatable bonds is 12. The molecule has 5 rings (SSSR count). The van der Waals surface area contributed by atoms with Crippen molar-refractivity contribution in [3.8, 4) is 17.0 Å². The van der Waals surface area contributed by atoms with Crippen molar-refractivity contribution in [3.05, 3.63) is 82.5 Å². The standard InChI is InChI=1S/C35H36F8N6O5/c1-47(12-14-53-3)13-15-54-25-9-6-20(28(36)29(25)37)18-49-32(52)27(30(50)33(48(49)2)10-4-5-11-33)31(51)46-23-8-7-21(34(38,39)40)16-22(23)24-17-26(35(41,42)43)45-19-44-24/h6-9,16-17,19,50H,4-5,10-15,18H2,1-3H3,(H,46,51). The number of anilines is 1. The number of halogens is 8. The van der Waals surface area contributed by atoms with Crippen LogP contribution in [0, 0.1) is 11.6 Å². The van der Waals surface area contributed by atoms with Crippen LogP contribution < -0.4 is 10.1 Å². The lowest BCUT2D eigenvalue weighted by Crippen LogP contribution is -2.62. The quantitative estimate of drug-likeness (QED) is 0.160. The number of amides is 2. The molecule has 1 aliphatic carbocycles. The van der Waals surface area contributed by atoms with E-state index in [1.807, 2.05) is 4.90 Å². The third-order valence-electron chi connectivity index (χ3n) is 9.45. The van der Waals surface area contributed by atoms with E-state index in [1.54, 1.807) is 14.2 Å². The molecule has 1 fully saturated rings. The van der Waals surface area contributed by atoms with Crippen LogP contribution in [0.4, 0.5) is 40.8 Å². The summed E-state index contributed by atoms with van der Waals surface area (Å²) in [6.45, 7) is 0.825. The number of hydrogen-bond donors (Lipinski definition) is 2. The second-order valence-electron chi connectivity index (χ2n) is 12.8. The van der Waals surface area contributed by atoms with Crippen LogP contribution in [0.25, 0.3) is 11.3 Å². The lowest BCUT2D eigenvalue weighted by Gasteiger charge is -2.48. The maximum absolute atomic E-state index is 15.5. The zero-order valence-corrected chi connectivity index (χ0v) is 29.2. The Balaban J connectivity index is 1.47. The number of aliphatic hydroxyl groups excluding tert-OH is 1. The number of carbonyl (C=O) groups is 2. The fourth-order valence-corrected chi connectivity index (χ4v) is 6.41. The molecule has 2 amide bonds. The number of ether oxygens (including phenoxy) is 2. The fourth-order valence-electron chi connectivity index (χ4n) is 6.41. The summed E-state index contributed by atoms with van der Waals surface area (Å²) in [7, 11) is 4.77. The Hall–Kier alpha value is -4.88. The molecular weight excluding hydrogens is 736 g/mol. The Labute approximate surface area is 304 Å². The molecule has 1 aromatic heterocycles. The summed E-state index contributed by atoms with van der Waals surface area (Å²) < 4.78 is 123. The molecule has 2 aromatic carbocycles. The zero-order valence-electron chi connectivity index (χ0n) is 29.2. The van der Waals surface area contributed by atoms with Crippen LogP contribution in [0.3, 0.4) is 0 Å². The minimum Gasteiger partial charge on any atom is -0.509 e. The Bertz CT molecular complexity index is 1920. The first-order valence-corrected chi connectivity index (χ1v) is 16.6. The molecule has 2 heterocycles. The summed E-state index contributed by atoms with van der Waals surface area (Å²) >= 11 is 0. The monoisotopic (exact) mass is 772 g/mol. The molecule has 0 unspecified atom stereocenters. The van der Waals surface area contributed by atoms with Crippen LogP contribution in [0.2, 0.25) is 0 Å². The maximum atomic E-state index is 15.5. The molecule has 0 radical (unpaired) electrons. The van der Waals surface area contributed by atoms with Gasteiger partial charge in [0.2, 0.25) is 5.82 Å². The van der Waals surface area contributed by atoms with Crippen molar-refractivity contribution in [1.82, 2.24) is 24.9 Å². The van der Waals surface area contributed by atoms with Crippen LogP contribution in [0.15, 0.2) is 54.1 Å². The Kier molecular flexibility index (Phi) is 11.8. The summed E-state index contributed by atoms with van der Waals surface area (Å²) in [6, 6.07) is 4.58. The number of methoxy groups -OCH3 is 1. The highest BCUT2D eigenvalue weighted by Crippen LogP contribution is 2.45. The number of hydrazine groups is 1. The van der Waals surface area contributed by atoms with E-state index in [1.165, 1.54) is 24.2 Å².